The molecular weight excluding hydrogens is 354 g/mol. The molecule has 0 fully saturated rings. The lowest BCUT2D eigenvalue weighted by atomic mass is 10.0. The van der Waals surface area contributed by atoms with E-state index in [9.17, 15) is 10.1 Å². The number of nitrogens with zero attached hydrogens (tertiary/aromatic N) is 5. The molecule has 7 nitrogen and oxygen atoms in total. The van der Waals surface area contributed by atoms with E-state index in [0.717, 1.165) is 5.56 Å². The lowest BCUT2D eigenvalue weighted by molar-refractivity contribution is 0.0697. The molecule has 7 heteroatoms. The van der Waals surface area contributed by atoms with Crippen molar-refractivity contribution in [3.8, 4) is 34.3 Å². The van der Waals surface area contributed by atoms with E-state index < -0.39 is 5.97 Å². The first-order chi connectivity index (χ1) is 13.7. The molecule has 28 heavy (non-hydrogen) atoms. The number of nitriles is 1. The van der Waals surface area contributed by atoms with Gasteiger partial charge < -0.3 is 5.11 Å². The number of aromatic nitrogens is 4. The molecule has 0 aliphatic heterocycles. The summed E-state index contributed by atoms with van der Waals surface area (Å²) in [4.78, 5) is 15.4. The topological polar surface area (TPSA) is 105 Å². The Hall–Kier alpha value is -4.31. The highest BCUT2D eigenvalue weighted by atomic mass is 16.4. The van der Waals surface area contributed by atoms with Gasteiger partial charge in [0.25, 0.3) is 0 Å². The zero-order valence-corrected chi connectivity index (χ0v) is 14.5. The minimum atomic E-state index is -1.03. The summed E-state index contributed by atoms with van der Waals surface area (Å²) in [5.41, 5.74) is 3.84. The van der Waals surface area contributed by atoms with Crippen molar-refractivity contribution in [2.24, 2.45) is 0 Å². The van der Waals surface area contributed by atoms with Gasteiger partial charge in [-0.25, -0.2) is 9.48 Å². The maximum atomic E-state index is 11.2. The summed E-state index contributed by atoms with van der Waals surface area (Å²) in [7, 11) is 0. The van der Waals surface area contributed by atoms with Crippen LogP contribution in [0.15, 0.2) is 73.1 Å². The molecule has 0 unspecified atom stereocenters. The number of carbonyl (C=O) groups is 1. The molecule has 2 aromatic carbocycles. The molecule has 2 heterocycles. The summed E-state index contributed by atoms with van der Waals surface area (Å²) in [6.45, 7) is 0. The largest absolute Gasteiger partial charge is 0.478 e. The molecule has 4 aromatic rings. The SMILES string of the molecule is N#Cc1cc(-c2cc(C(=O)O)ccn2)ccc1-n1cc(-c2ccccc2)nn1. The Labute approximate surface area is 160 Å². The summed E-state index contributed by atoms with van der Waals surface area (Å²) in [5, 5.41) is 27.0. The molecule has 0 amide bonds. The van der Waals surface area contributed by atoms with Crippen molar-refractivity contribution < 1.29 is 9.90 Å². The second-order valence-corrected chi connectivity index (χ2v) is 5.99. The van der Waals surface area contributed by atoms with Crippen molar-refractivity contribution in [3.63, 3.8) is 0 Å². The van der Waals surface area contributed by atoms with Crippen LogP contribution in [-0.2, 0) is 0 Å². The number of rotatable bonds is 4. The predicted octanol–water partition coefficient (Wildman–Crippen LogP) is 3.57. The fourth-order valence-electron chi connectivity index (χ4n) is 2.83. The molecule has 0 aliphatic rings. The molecule has 0 spiro atoms. The summed E-state index contributed by atoms with van der Waals surface area (Å²) in [5.74, 6) is -1.03. The second kappa shape index (κ2) is 7.13. The normalized spacial score (nSPS) is 10.4. The smallest absolute Gasteiger partial charge is 0.335 e. The molecule has 0 saturated carbocycles. The van der Waals surface area contributed by atoms with Crippen molar-refractivity contribution >= 4 is 5.97 Å². The van der Waals surface area contributed by atoms with Crippen LogP contribution in [0.1, 0.15) is 15.9 Å². The van der Waals surface area contributed by atoms with Crippen molar-refractivity contribution in [3.05, 3.63) is 84.2 Å². The van der Waals surface area contributed by atoms with Crippen molar-refractivity contribution in [2.75, 3.05) is 0 Å². The van der Waals surface area contributed by atoms with Gasteiger partial charge in [0, 0.05) is 17.3 Å². The van der Waals surface area contributed by atoms with Crippen LogP contribution < -0.4 is 0 Å². The number of hydrogen-bond donors (Lipinski definition) is 1. The van der Waals surface area contributed by atoms with Gasteiger partial charge in [-0.15, -0.1) is 5.10 Å². The quantitative estimate of drug-likeness (QED) is 0.591. The lowest BCUT2D eigenvalue weighted by Crippen LogP contribution is -2.00. The van der Waals surface area contributed by atoms with Crippen LogP contribution in [-0.4, -0.2) is 31.1 Å². The fraction of sp³-hybridized carbons (Fsp3) is 0. The average molecular weight is 367 g/mol. The Morgan fingerprint density at radius 1 is 1.00 bits per heavy atom. The van der Waals surface area contributed by atoms with Gasteiger partial charge >= 0.3 is 5.97 Å². The van der Waals surface area contributed by atoms with Gasteiger partial charge in [0.15, 0.2) is 0 Å². The third-order valence-electron chi connectivity index (χ3n) is 4.23. The highest BCUT2D eigenvalue weighted by Gasteiger charge is 2.12. The Kier molecular flexibility index (Phi) is 4.36. The van der Waals surface area contributed by atoms with Crippen LogP contribution in [0.4, 0.5) is 0 Å². The first-order valence-electron chi connectivity index (χ1n) is 8.38. The molecule has 0 saturated heterocycles. The molecular formula is C21H13N5O2. The standard InChI is InChI=1S/C21H13N5O2/c22-12-17-10-15(18-11-16(21(27)28)8-9-23-18)6-7-20(17)26-13-19(24-25-26)14-4-2-1-3-5-14/h1-11,13H,(H,27,28). The van der Waals surface area contributed by atoms with Gasteiger partial charge in [-0.1, -0.05) is 41.6 Å². The van der Waals surface area contributed by atoms with Crippen LogP contribution in [0.3, 0.4) is 0 Å². The van der Waals surface area contributed by atoms with Crippen molar-refractivity contribution in [2.45, 2.75) is 0 Å². The second-order valence-electron chi connectivity index (χ2n) is 5.99. The van der Waals surface area contributed by atoms with E-state index in [-0.39, 0.29) is 5.56 Å². The minimum Gasteiger partial charge on any atom is -0.478 e. The van der Waals surface area contributed by atoms with E-state index in [1.54, 1.807) is 29.1 Å². The Bertz CT molecular complexity index is 1210. The van der Waals surface area contributed by atoms with E-state index in [1.807, 2.05) is 30.3 Å². The average Bonchev–Trinajstić information content (AvgIpc) is 3.24. The number of carboxylic acids is 1. The van der Waals surface area contributed by atoms with E-state index in [0.29, 0.717) is 28.2 Å². The first-order valence-corrected chi connectivity index (χ1v) is 8.38. The summed E-state index contributed by atoms with van der Waals surface area (Å²) < 4.78 is 1.55. The number of hydrogen-bond acceptors (Lipinski definition) is 5. The number of aromatic carboxylic acids is 1. The molecule has 134 valence electrons. The monoisotopic (exact) mass is 367 g/mol. The van der Waals surface area contributed by atoms with Gasteiger partial charge in [-0.2, -0.15) is 5.26 Å². The van der Waals surface area contributed by atoms with E-state index >= 15 is 0 Å². The number of benzene rings is 2. The zero-order valence-electron chi connectivity index (χ0n) is 14.5. The van der Waals surface area contributed by atoms with E-state index in [2.05, 4.69) is 21.4 Å². The lowest BCUT2D eigenvalue weighted by Gasteiger charge is -2.07. The maximum absolute atomic E-state index is 11.2. The van der Waals surface area contributed by atoms with Gasteiger partial charge in [0.2, 0.25) is 0 Å². The Morgan fingerprint density at radius 2 is 1.82 bits per heavy atom. The van der Waals surface area contributed by atoms with Crippen LogP contribution in [0.25, 0.3) is 28.2 Å². The van der Waals surface area contributed by atoms with E-state index in [4.69, 9.17) is 5.11 Å². The summed E-state index contributed by atoms with van der Waals surface area (Å²) in [6, 6.07) is 19.9. The molecule has 0 aliphatic carbocycles. The summed E-state index contributed by atoms with van der Waals surface area (Å²) >= 11 is 0. The van der Waals surface area contributed by atoms with Crippen molar-refractivity contribution in [1.29, 1.82) is 5.26 Å². The fourth-order valence-corrected chi connectivity index (χ4v) is 2.83. The molecule has 4 rings (SSSR count). The zero-order chi connectivity index (χ0) is 19.5. The first kappa shape index (κ1) is 17.1. The number of carboxylic acid groups (broad SMARTS) is 1. The van der Waals surface area contributed by atoms with Crippen LogP contribution in [0.5, 0.6) is 0 Å². The van der Waals surface area contributed by atoms with Crippen molar-refractivity contribution in [1.82, 2.24) is 20.0 Å². The van der Waals surface area contributed by atoms with Crippen LogP contribution >= 0.6 is 0 Å². The Morgan fingerprint density at radius 3 is 2.57 bits per heavy atom. The van der Waals surface area contributed by atoms with Crippen LogP contribution in [0.2, 0.25) is 0 Å². The third kappa shape index (κ3) is 3.22. The molecule has 2 aromatic heterocycles. The van der Waals surface area contributed by atoms with E-state index in [1.165, 1.54) is 18.3 Å². The molecule has 0 atom stereocenters. The predicted molar refractivity (Wildman–Crippen MR) is 102 cm³/mol. The minimum absolute atomic E-state index is 0.136. The maximum Gasteiger partial charge on any atom is 0.335 e. The third-order valence-corrected chi connectivity index (χ3v) is 4.23. The van der Waals surface area contributed by atoms with Gasteiger partial charge in [0.1, 0.15) is 11.8 Å². The van der Waals surface area contributed by atoms with Gasteiger partial charge in [0.05, 0.1) is 28.7 Å². The van der Waals surface area contributed by atoms with Gasteiger partial charge in [-0.05, 0) is 24.3 Å². The Balaban J connectivity index is 1.73. The highest BCUT2D eigenvalue weighted by molar-refractivity contribution is 5.88. The highest BCUT2D eigenvalue weighted by Crippen LogP contribution is 2.24. The molecule has 0 radical (unpaired) electrons. The molecule has 1 N–H and O–H groups in total. The van der Waals surface area contributed by atoms with Gasteiger partial charge in [-0.3, -0.25) is 4.98 Å². The van der Waals surface area contributed by atoms with Crippen LogP contribution in [0, 0.1) is 11.3 Å². The molecule has 0 bridgehead atoms. The summed E-state index contributed by atoms with van der Waals surface area (Å²) in [6.07, 6.45) is 3.19. The number of pyridine rings is 1.